The van der Waals surface area contributed by atoms with Crippen LogP contribution in [-0.2, 0) is 6.54 Å². The fraction of sp³-hybridized carbons (Fsp3) is 0.167. The van der Waals surface area contributed by atoms with Crippen molar-refractivity contribution in [2.75, 3.05) is 11.9 Å². The first kappa shape index (κ1) is 12.8. The van der Waals surface area contributed by atoms with Crippen molar-refractivity contribution in [3.8, 4) is 0 Å². The molecule has 1 heterocycles. The summed E-state index contributed by atoms with van der Waals surface area (Å²) in [5.41, 5.74) is 0.693. The summed E-state index contributed by atoms with van der Waals surface area (Å²) in [5.74, 6) is -0.270. The largest absolute Gasteiger partial charge is 0.383 e. The molecule has 1 aromatic carbocycles. The van der Waals surface area contributed by atoms with E-state index in [-0.39, 0.29) is 11.4 Å². The Bertz CT molecular complexity index is 583. The van der Waals surface area contributed by atoms with Crippen LogP contribution in [0.5, 0.6) is 0 Å². The molecule has 1 N–H and O–H groups in total. The first-order chi connectivity index (χ1) is 8.66. The van der Waals surface area contributed by atoms with Crippen LogP contribution in [0.2, 0.25) is 0 Å². The average Bonchev–Trinajstić information content (AvgIpc) is 2.37. The zero-order valence-electron chi connectivity index (χ0n) is 9.44. The minimum atomic E-state index is -0.270. The van der Waals surface area contributed by atoms with Gasteiger partial charge in [-0.25, -0.2) is 9.37 Å². The minimum Gasteiger partial charge on any atom is -0.383 e. The van der Waals surface area contributed by atoms with Crippen LogP contribution in [0.3, 0.4) is 0 Å². The van der Waals surface area contributed by atoms with E-state index in [2.05, 4.69) is 26.2 Å². The van der Waals surface area contributed by atoms with Crippen LogP contribution in [0.1, 0.15) is 0 Å². The van der Waals surface area contributed by atoms with Gasteiger partial charge in [0.2, 0.25) is 0 Å². The van der Waals surface area contributed by atoms with E-state index >= 15 is 0 Å². The predicted molar refractivity (Wildman–Crippen MR) is 71.1 cm³/mol. The Morgan fingerprint density at radius 2 is 2.06 bits per heavy atom. The van der Waals surface area contributed by atoms with E-state index < -0.39 is 0 Å². The molecular weight excluding hydrogens is 301 g/mol. The molecule has 0 aliphatic carbocycles. The van der Waals surface area contributed by atoms with Crippen LogP contribution in [0.4, 0.5) is 10.1 Å². The molecular formula is C12H11BrFN3O. The van der Waals surface area contributed by atoms with Gasteiger partial charge in [0.1, 0.15) is 10.3 Å². The Balaban J connectivity index is 1.94. The zero-order chi connectivity index (χ0) is 13.0. The molecule has 94 valence electrons. The van der Waals surface area contributed by atoms with Crippen molar-refractivity contribution >= 4 is 21.6 Å². The molecule has 0 amide bonds. The maximum atomic E-state index is 12.7. The third-order valence-corrected chi connectivity index (χ3v) is 2.93. The van der Waals surface area contributed by atoms with Gasteiger partial charge in [-0.1, -0.05) is 0 Å². The van der Waals surface area contributed by atoms with Gasteiger partial charge in [0.25, 0.3) is 5.56 Å². The zero-order valence-corrected chi connectivity index (χ0v) is 11.0. The van der Waals surface area contributed by atoms with Crippen molar-refractivity contribution in [2.24, 2.45) is 0 Å². The van der Waals surface area contributed by atoms with Crippen LogP contribution >= 0.6 is 15.9 Å². The van der Waals surface area contributed by atoms with Crippen molar-refractivity contribution in [3.05, 3.63) is 57.4 Å². The molecule has 0 aliphatic heterocycles. The lowest BCUT2D eigenvalue weighted by molar-refractivity contribution is 0.628. The smallest absolute Gasteiger partial charge is 0.267 e. The molecule has 0 atom stereocenters. The third kappa shape index (κ3) is 3.16. The molecule has 0 saturated carbocycles. The lowest BCUT2D eigenvalue weighted by Gasteiger charge is -2.08. The topological polar surface area (TPSA) is 46.9 Å². The number of nitrogens with one attached hydrogen (secondary N) is 1. The highest BCUT2D eigenvalue weighted by Gasteiger charge is 2.00. The molecule has 0 bridgehead atoms. The molecule has 0 aliphatic rings. The van der Waals surface area contributed by atoms with Gasteiger partial charge in [0, 0.05) is 25.0 Å². The number of hydrogen-bond acceptors (Lipinski definition) is 3. The quantitative estimate of drug-likeness (QED) is 0.942. The fourth-order valence-electron chi connectivity index (χ4n) is 1.47. The Morgan fingerprint density at radius 3 is 2.78 bits per heavy atom. The van der Waals surface area contributed by atoms with E-state index in [0.29, 0.717) is 17.6 Å². The van der Waals surface area contributed by atoms with Gasteiger partial charge in [-0.15, -0.1) is 0 Å². The van der Waals surface area contributed by atoms with Gasteiger partial charge < -0.3 is 5.32 Å². The second kappa shape index (κ2) is 5.77. The van der Waals surface area contributed by atoms with Crippen LogP contribution in [0.15, 0.2) is 46.1 Å². The Hall–Kier alpha value is -1.69. The summed E-state index contributed by atoms with van der Waals surface area (Å²) < 4.78 is 14.6. The molecule has 0 unspecified atom stereocenters. The monoisotopic (exact) mass is 311 g/mol. The van der Waals surface area contributed by atoms with E-state index in [9.17, 15) is 9.18 Å². The summed E-state index contributed by atoms with van der Waals surface area (Å²) in [7, 11) is 0. The summed E-state index contributed by atoms with van der Waals surface area (Å²) in [6, 6.07) is 6.07. The molecule has 0 spiro atoms. The summed E-state index contributed by atoms with van der Waals surface area (Å²) in [6.07, 6.45) is 2.95. The standard InChI is InChI=1S/C12H11BrFN3O/c13-11-7-15-8-17(12(11)18)6-5-16-10-3-1-9(14)2-4-10/h1-4,7-8,16H,5-6H2. The first-order valence-electron chi connectivity index (χ1n) is 5.36. The maximum Gasteiger partial charge on any atom is 0.267 e. The SMILES string of the molecule is O=c1c(Br)cncn1CCNc1ccc(F)cc1. The summed E-state index contributed by atoms with van der Waals surface area (Å²) >= 11 is 3.13. The van der Waals surface area contributed by atoms with E-state index in [1.165, 1.54) is 29.2 Å². The average molecular weight is 312 g/mol. The number of nitrogens with zero attached hydrogens (tertiary/aromatic N) is 2. The fourth-order valence-corrected chi connectivity index (χ4v) is 1.82. The number of benzene rings is 1. The number of halogens is 2. The molecule has 18 heavy (non-hydrogen) atoms. The third-order valence-electron chi connectivity index (χ3n) is 2.39. The molecule has 0 saturated heterocycles. The van der Waals surface area contributed by atoms with Gasteiger partial charge in [-0.05, 0) is 40.2 Å². The van der Waals surface area contributed by atoms with E-state index in [1.54, 1.807) is 12.1 Å². The lowest BCUT2D eigenvalue weighted by atomic mass is 10.3. The highest BCUT2D eigenvalue weighted by Crippen LogP contribution is 2.07. The van der Waals surface area contributed by atoms with Gasteiger partial charge >= 0.3 is 0 Å². The Kier molecular flexibility index (Phi) is 4.09. The van der Waals surface area contributed by atoms with Gasteiger partial charge in [0.05, 0.1) is 6.33 Å². The molecule has 4 nitrogen and oxygen atoms in total. The molecule has 2 rings (SSSR count). The van der Waals surface area contributed by atoms with Crippen LogP contribution in [0, 0.1) is 5.82 Å². The number of rotatable bonds is 4. The Labute approximate surface area is 112 Å². The molecule has 6 heteroatoms. The summed E-state index contributed by atoms with van der Waals surface area (Å²) in [5, 5.41) is 3.10. The van der Waals surface area contributed by atoms with Crippen LogP contribution in [0.25, 0.3) is 0 Å². The molecule has 0 fully saturated rings. The van der Waals surface area contributed by atoms with Crippen LogP contribution < -0.4 is 10.9 Å². The second-order valence-corrected chi connectivity index (χ2v) is 4.53. The van der Waals surface area contributed by atoms with E-state index in [1.807, 2.05) is 0 Å². The second-order valence-electron chi connectivity index (χ2n) is 3.67. The number of hydrogen-bond donors (Lipinski definition) is 1. The summed E-state index contributed by atoms with van der Waals surface area (Å²) in [4.78, 5) is 15.6. The van der Waals surface area contributed by atoms with Crippen molar-refractivity contribution in [1.82, 2.24) is 9.55 Å². The molecule has 2 aromatic rings. The highest BCUT2D eigenvalue weighted by molar-refractivity contribution is 9.10. The highest BCUT2D eigenvalue weighted by atomic mass is 79.9. The van der Waals surface area contributed by atoms with Crippen LogP contribution in [-0.4, -0.2) is 16.1 Å². The Morgan fingerprint density at radius 1 is 1.33 bits per heavy atom. The lowest BCUT2D eigenvalue weighted by Crippen LogP contribution is -2.24. The van der Waals surface area contributed by atoms with Crippen molar-refractivity contribution in [3.63, 3.8) is 0 Å². The van der Waals surface area contributed by atoms with E-state index in [4.69, 9.17) is 0 Å². The van der Waals surface area contributed by atoms with Gasteiger partial charge in [-0.2, -0.15) is 0 Å². The van der Waals surface area contributed by atoms with Crippen molar-refractivity contribution in [2.45, 2.75) is 6.54 Å². The molecule has 0 radical (unpaired) electrons. The first-order valence-corrected chi connectivity index (χ1v) is 6.15. The predicted octanol–water partition coefficient (Wildman–Crippen LogP) is 2.26. The maximum absolute atomic E-state index is 12.7. The number of anilines is 1. The van der Waals surface area contributed by atoms with Crippen molar-refractivity contribution < 1.29 is 4.39 Å². The van der Waals surface area contributed by atoms with Crippen molar-refractivity contribution in [1.29, 1.82) is 0 Å². The van der Waals surface area contributed by atoms with Gasteiger partial charge in [0.15, 0.2) is 0 Å². The minimum absolute atomic E-state index is 0.120. The van der Waals surface area contributed by atoms with E-state index in [0.717, 1.165) is 5.69 Å². The normalized spacial score (nSPS) is 10.3. The number of aromatic nitrogens is 2. The van der Waals surface area contributed by atoms with Gasteiger partial charge in [-0.3, -0.25) is 9.36 Å². The summed E-state index contributed by atoms with van der Waals surface area (Å²) in [6.45, 7) is 1.05. The molecule has 1 aromatic heterocycles.